The molecule has 1 aromatic rings. The summed E-state index contributed by atoms with van der Waals surface area (Å²) in [6.45, 7) is 5.59. The van der Waals surface area contributed by atoms with Crippen LogP contribution in [0.25, 0.3) is 0 Å². The van der Waals surface area contributed by atoms with E-state index in [2.05, 4.69) is 5.10 Å². The molecule has 3 N–H and O–H groups in total. The molecule has 0 aliphatic carbocycles. The van der Waals surface area contributed by atoms with Gasteiger partial charge >= 0.3 is 0 Å². The normalized spacial score (nSPS) is 10.7. The molecule has 0 fully saturated rings. The summed E-state index contributed by atoms with van der Waals surface area (Å²) in [5, 5.41) is 13.3. The Morgan fingerprint density at radius 3 is 2.53 bits per heavy atom. The molecule has 0 amide bonds. The number of hydrogen-bond donors (Lipinski definition) is 2. The Hall–Kier alpha value is -1.23. The van der Waals surface area contributed by atoms with Crippen LogP contribution >= 0.6 is 0 Å². The second-order valence-electron chi connectivity index (χ2n) is 3.46. The summed E-state index contributed by atoms with van der Waals surface area (Å²) in [6, 6.07) is 0. The Morgan fingerprint density at radius 1 is 1.47 bits per heavy atom. The summed E-state index contributed by atoms with van der Waals surface area (Å²) in [5.41, 5.74) is 7.67. The third kappa shape index (κ3) is 2.23. The van der Waals surface area contributed by atoms with Gasteiger partial charge in [0.15, 0.2) is 0 Å². The Balaban J connectivity index is 3.05. The van der Waals surface area contributed by atoms with Crippen LogP contribution in [-0.2, 0) is 13.5 Å². The van der Waals surface area contributed by atoms with Gasteiger partial charge in [-0.2, -0.15) is 5.10 Å². The van der Waals surface area contributed by atoms with Crippen molar-refractivity contribution in [3.05, 3.63) is 5.69 Å². The molecular formula is C10H20N4O. The van der Waals surface area contributed by atoms with E-state index >= 15 is 0 Å². The van der Waals surface area contributed by atoms with E-state index in [9.17, 15) is 0 Å². The van der Waals surface area contributed by atoms with E-state index in [1.807, 2.05) is 25.8 Å². The highest BCUT2D eigenvalue weighted by Crippen LogP contribution is 2.25. The van der Waals surface area contributed by atoms with Crippen LogP contribution in [0, 0.1) is 0 Å². The van der Waals surface area contributed by atoms with Crippen molar-refractivity contribution in [3.8, 4) is 0 Å². The zero-order chi connectivity index (χ0) is 11.4. The molecule has 0 atom stereocenters. The highest BCUT2D eigenvalue weighted by atomic mass is 16.3. The van der Waals surface area contributed by atoms with Crippen LogP contribution in [0.4, 0.5) is 11.5 Å². The largest absolute Gasteiger partial charge is 0.395 e. The van der Waals surface area contributed by atoms with Crippen LogP contribution in [0.5, 0.6) is 0 Å². The molecule has 1 heterocycles. The maximum atomic E-state index is 8.96. The first-order valence-corrected chi connectivity index (χ1v) is 5.32. The number of aromatic nitrogens is 2. The van der Waals surface area contributed by atoms with Gasteiger partial charge in [0.05, 0.1) is 18.0 Å². The van der Waals surface area contributed by atoms with Crippen LogP contribution in [0.1, 0.15) is 19.5 Å². The molecule has 0 aliphatic heterocycles. The van der Waals surface area contributed by atoms with Crippen LogP contribution in [0.15, 0.2) is 0 Å². The van der Waals surface area contributed by atoms with Gasteiger partial charge in [-0.05, 0) is 13.3 Å². The number of nitrogens with zero attached hydrogens (tertiary/aromatic N) is 3. The number of nitrogens with two attached hydrogens (primary N) is 1. The lowest BCUT2D eigenvalue weighted by molar-refractivity contribution is 0.301. The number of aliphatic hydroxyl groups excluding tert-OH is 1. The van der Waals surface area contributed by atoms with Gasteiger partial charge in [0.25, 0.3) is 0 Å². The van der Waals surface area contributed by atoms with Gasteiger partial charge in [-0.15, -0.1) is 0 Å². The fourth-order valence-corrected chi connectivity index (χ4v) is 1.76. The first kappa shape index (κ1) is 11.8. The molecule has 5 heteroatoms. The molecule has 1 rings (SSSR count). The molecule has 15 heavy (non-hydrogen) atoms. The van der Waals surface area contributed by atoms with Gasteiger partial charge in [0.2, 0.25) is 0 Å². The third-order valence-electron chi connectivity index (χ3n) is 2.52. The van der Waals surface area contributed by atoms with Gasteiger partial charge in [-0.1, -0.05) is 6.92 Å². The van der Waals surface area contributed by atoms with Crippen LogP contribution in [0.2, 0.25) is 0 Å². The second kappa shape index (κ2) is 5.02. The van der Waals surface area contributed by atoms with E-state index in [-0.39, 0.29) is 6.61 Å². The van der Waals surface area contributed by atoms with E-state index in [1.165, 1.54) is 0 Å². The maximum absolute atomic E-state index is 8.96. The van der Waals surface area contributed by atoms with E-state index in [1.54, 1.807) is 4.68 Å². The van der Waals surface area contributed by atoms with Crippen molar-refractivity contribution in [3.63, 3.8) is 0 Å². The average molecular weight is 212 g/mol. The third-order valence-corrected chi connectivity index (χ3v) is 2.52. The fraction of sp³-hybridized carbons (Fsp3) is 0.700. The Labute approximate surface area is 90.5 Å². The van der Waals surface area contributed by atoms with Gasteiger partial charge in [0.1, 0.15) is 5.82 Å². The smallest absolute Gasteiger partial charge is 0.150 e. The molecule has 0 unspecified atom stereocenters. The summed E-state index contributed by atoms with van der Waals surface area (Å²) in [4.78, 5) is 2.03. The van der Waals surface area contributed by atoms with Crippen LogP contribution in [0.3, 0.4) is 0 Å². The summed E-state index contributed by atoms with van der Waals surface area (Å²) in [7, 11) is 1.88. The molecule has 0 radical (unpaired) electrons. The summed E-state index contributed by atoms with van der Waals surface area (Å²) < 4.78 is 1.79. The van der Waals surface area contributed by atoms with Crippen molar-refractivity contribution in [2.75, 3.05) is 30.3 Å². The van der Waals surface area contributed by atoms with Crippen molar-refractivity contribution in [1.29, 1.82) is 0 Å². The molecule has 0 bridgehead atoms. The molecular weight excluding hydrogens is 192 g/mol. The Bertz CT molecular complexity index is 321. The van der Waals surface area contributed by atoms with E-state index < -0.39 is 0 Å². The molecule has 5 nitrogen and oxygen atoms in total. The van der Waals surface area contributed by atoms with Gasteiger partial charge in [0, 0.05) is 20.1 Å². The first-order valence-electron chi connectivity index (χ1n) is 5.32. The van der Waals surface area contributed by atoms with Crippen molar-refractivity contribution < 1.29 is 5.11 Å². The number of nitrogen functional groups attached to an aromatic ring is 1. The molecule has 0 aromatic carbocycles. The quantitative estimate of drug-likeness (QED) is 0.740. The van der Waals surface area contributed by atoms with Crippen LogP contribution < -0.4 is 10.6 Å². The standard InChI is InChI=1S/C10H20N4O/c1-4-8-9(11)10(13(3)12-8)14(5-2)6-7-15/h15H,4-7,11H2,1-3H3. The average Bonchev–Trinajstić information content (AvgIpc) is 2.51. The number of likely N-dealkylation sites (N-methyl/N-ethyl adjacent to an activating group) is 1. The van der Waals surface area contributed by atoms with Crippen molar-refractivity contribution in [2.45, 2.75) is 20.3 Å². The van der Waals surface area contributed by atoms with Gasteiger partial charge in [-0.3, -0.25) is 4.68 Å². The first-order chi connectivity index (χ1) is 7.15. The number of hydrogen-bond acceptors (Lipinski definition) is 4. The topological polar surface area (TPSA) is 67.3 Å². The fourth-order valence-electron chi connectivity index (χ4n) is 1.76. The summed E-state index contributed by atoms with van der Waals surface area (Å²) in [6.07, 6.45) is 0.830. The zero-order valence-corrected chi connectivity index (χ0v) is 9.69. The molecule has 1 aromatic heterocycles. The molecule has 0 saturated heterocycles. The molecule has 0 saturated carbocycles. The molecule has 0 spiro atoms. The van der Waals surface area contributed by atoms with Crippen molar-refractivity contribution >= 4 is 11.5 Å². The Morgan fingerprint density at radius 2 is 2.13 bits per heavy atom. The zero-order valence-electron chi connectivity index (χ0n) is 9.69. The second-order valence-corrected chi connectivity index (χ2v) is 3.46. The lowest BCUT2D eigenvalue weighted by Crippen LogP contribution is -2.28. The van der Waals surface area contributed by atoms with E-state index in [4.69, 9.17) is 10.8 Å². The van der Waals surface area contributed by atoms with E-state index in [0.717, 1.165) is 30.2 Å². The van der Waals surface area contributed by atoms with Crippen molar-refractivity contribution in [2.24, 2.45) is 7.05 Å². The van der Waals surface area contributed by atoms with Gasteiger partial charge in [-0.25, -0.2) is 0 Å². The minimum absolute atomic E-state index is 0.125. The lowest BCUT2D eigenvalue weighted by atomic mass is 10.3. The summed E-state index contributed by atoms with van der Waals surface area (Å²) in [5.74, 6) is 0.906. The Kier molecular flexibility index (Phi) is 3.96. The summed E-state index contributed by atoms with van der Waals surface area (Å²) >= 11 is 0. The highest BCUT2D eigenvalue weighted by molar-refractivity contribution is 5.66. The van der Waals surface area contributed by atoms with E-state index in [0.29, 0.717) is 6.54 Å². The van der Waals surface area contributed by atoms with Gasteiger partial charge < -0.3 is 15.7 Å². The number of aliphatic hydroxyl groups is 1. The highest BCUT2D eigenvalue weighted by Gasteiger charge is 2.16. The number of rotatable bonds is 5. The maximum Gasteiger partial charge on any atom is 0.150 e. The monoisotopic (exact) mass is 212 g/mol. The number of aryl methyl sites for hydroxylation is 2. The molecule has 86 valence electrons. The lowest BCUT2D eigenvalue weighted by Gasteiger charge is -2.22. The molecule has 0 aliphatic rings. The SMILES string of the molecule is CCc1nn(C)c(N(CC)CCO)c1N. The minimum atomic E-state index is 0.125. The van der Waals surface area contributed by atoms with Crippen molar-refractivity contribution in [1.82, 2.24) is 9.78 Å². The number of anilines is 2. The predicted molar refractivity (Wildman–Crippen MR) is 62.0 cm³/mol. The predicted octanol–water partition coefficient (Wildman–Crippen LogP) is 0.383. The minimum Gasteiger partial charge on any atom is -0.395 e. The van der Waals surface area contributed by atoms with Crippen LogP contribution in [-0.4, -0.2) is 34.6 Å².